The molecule has 30 heavy (non-hydrogen) atoms. The van der Waals surface area contributed by atoms with Gasteiger partial charge in [-0.05, 0) is 42.0 Å². The highest BCUT2D eigenvalue weighted by Gasteiger charge is 2.36. The highest BCUT2D eigenvalue weighted by atomic mass is 32.2. The Morgan fingerprint density at radius 3 is 2.03 bits per heavy atom. The molecule has 0 saturated carbocycles. The van der Waals surface area contributed by atoms with Gasteiger partial charge in [0.25, 0.3) is 17.7 Å². The van der Waals surface area contributed by atoms with Crippen molar-refractivity contribution in [2.24, 2.45) is 0 Å². The van der Waals surface area contributed by atoms with Crippen LogP contribution < -0.4 is 10.2 Å². The van der Waals surface area contributed by atoms with Crippen molar-refractivity contribution in [2.45, 2.75) is 5.75 Å². The number of carbonyl (C=O) groups excluding carboxylic acids is 3. The third-order valence-electron chi connectivity index (χ3n) is 4.83. The summed E-state index contributed by atoms with van der Waals surface area (Å²) in [6, 6.07) is 23.5. The van der Waals surface area contributed by atoms with Crippen LogP contribution in [0.2, 0.25) is 0 Å². The summed E-state index contributed by atoms with van der Waals surface area (Å²) in [6.07, 6.45) is 0. The highest BCUT2D eigenvalue weighted by Crippen LogP contribution is 2.28. The summed E-state index contributed by atoms with van der Waals surface area (Å²) in [5, 5.41) is 2.90. The lowest BCUT2D eigenvalue weighted by Crippen LogP contribution is -2.29. The van der Waals surface area contributed by atoms with E-state index in [1.807, 2.05) is 18.2 Å². The first-order valence-corrected chi connectivity index (χ1v) is 10.8. The Labute approximate surface area is 179 Å². The van der Waals surface area contributed by atoms with Crippen molar-refractivity contribution in [3.05, 3.63) is 101 Å². The van der Waals surface area contributed by atoms with Gasteiger partial charge in [0.2, 0.25) is 0 Å². The van der Waals surface area contributed by atoms with Gasteiger partial charge in [-0.3, -0.25) is 14.4 Å². The lowest BCUT2D eigenvalue weighted by molar-refractivity contribution is 0.0923. The fourth-order valence-electron chi connectivity index (χ4n) is 3.29. The maximum atomic E-state index is 12.6. The van der Waals surface area contributed by atoms with Crippen LogP contribution in [-0.4, -0.2) is 30.0 Å². The molecule has 3 aromatic rings. The molecule has 0 aromatic heterocycles. The molecular weight excluding hydrogens is 396 g/mol. The first kappa shape index (κ1) is 19.9. The molecule has 0 atom stereocenters. The van der Waals surface area contributed by atoms with Crippen molar-refractivity contribution >= 4 is 35.2 Å². The Morgan fingerprint density at radius 1 is 0.800 bits per heavy atom. The van der Waals surface area contributed by atoms with Gasteiger partial charge in [-0.15, -0.1) is 0 Å². The second-order valence-electron chi connectivity index (χ2n) is 6.83. The topological polar surface area (TPSA) is 66.5 Å². The fourth-order valence-corrected chi connectivity index (χ4v) is 4.11. The molecule has 5 nitrogen and oxygen atoms in total. The number of hydrogen-bond donors (Lipinski definition) is 1. The number of nitrogens with one attached hydrogen (secondary N) is 1. The number of anilines is 1. The van der Waals surface area contributed by atoms with Gasteiger partial charge < -0.3 is 5.32 Å². The summed E-state index contributed by atoms with van der Waals surface area (Å²) in [6.45, 7) is 0.566. The zero-order valence-electron chi connectivity index (χ0n) is 16.2. The fraction of sp³-hybridized carbons (Fsp3) is 0.125. The van der Waals surface area contributed by atoms with Crippen LogP contribution in [-0.2, 0) is 5.75 Å². The lowest BCUT2D eigenvalue weighted by Gasteiger charge is -2.14. The highest BCUT2D eigenvalue weighted by molar-refractivity contribution is 7.98. The molecule has 0 unspecified atom stereocenters. The molecule has 3 amide bonds. The number of rotatable bonds is 7. The largest absolute Gasteiger partial charge is 0.351 e. The molecule has 0 saturated heterocycles. The van der Waals surface area contributed by atoms with E-state index in [1.54, 1.807) is 60.3 Å². The quantitative estimate of drug-likeness (QED) is 0.464. The van der Waals surface area contributed by atoms with E-state index in [0.717, 1.165) is 16.4 Å². The Hall–Kier alpha value is -3.38. The molecule has 1 heterocycles. The van der Waals surface area contributed by atoms with Crippen LogP contribution >= 0.6 is 11.8 Å². The van der Waals surface area contributed by atoms with Crippen molar-refractivity contribution in [2.75, 3.05) is 17.2 Å². The monoisotopic (exact) mass is 416 g/mol. The molecule has 0 spiro atoms. The van der Waals surface area contributed by atoms with Crippen LogP contribution in [0.5, 0.6) is 0 Å². The third-order valence-corrected chi connectivity index (χ3v) is 5.86. The van der Waals surface area contributed by atoms with Crippen molar-refractivity contribution < 1.29 is 14.4 Å². The minimum absolute atomic E-state index is 0.177. The first-order chi connectivity index (χ1) is 14.6. The van der Waals surface area contributed by atoms with E-state index in [-0.39, 0.29) is 17.7 Å². The summed E-state index contributed by atoms with van der Waals surface area (Å²) < 4.78 is 0. The van der Waals surface area contributed by atoms with E-state index in [2.05, 4.69) is 17.4 Å². The number of nitrogens with zero attached hydrogens (tertiary/aromatic N) is 1. The maximum absolute atomic E-state index is 12.6. The summed E-state index contributed by atoms with van der Waals surface area (Å²) >= 11 is 1.76. The summed E-state index contributed by atoms with van der Waals surface area (Å²) in [7, 11) is 0. The van der Waals surface area contributed by atoms with E-state index in [9.17, 15) is 14.4 Å². The van der Waals surface area contributed by atoms with Crippen LogP contribution in [0, 0.1) is 0 Å². The number of benzene rings is 3. The smallest absolute Gasteiger partial charge is 0.266 e. The molecular formula is C24H20N2O3S. The molecule has 3 aromatic carbocycles. The predicted octanol–water partition coefficient (Wildman–Crippen LogP) is 4.15. The van der Waals surface area contributed by atoms with Crippen molar-refractivity contribution in [3.8, 4) is 0 Å². The van der Waals surface area contributed by atoms with Crippen LogP contribution in [0.1, 0.15) is 36.6 Å². The Balaban J connectivity index is 1.31. The predicted molar refractivity (Wildman–Crippen MR) is 119 cm³/mol. The Morgan fingerprint density at radius 2 is 1.40 bits per heavy atom. The number of thioether (sulfide) groups is 1. The first-order valence-electron chi connectivity index (χ1n) is 9.63. The molecule has 0 aliphatic carbocycles. The average molecular weight is 417 g/mol. The standard InChI is InChI=1S/C24H20N2O3S/c27-22(25-14-15-30-16-17-6-2-1-3-7-17)18-10-12-19(13-11-18)26-23(28)20-8-4-5-9-21(20)24(26)29/h1-13H,14-16H2,(H,25,27). The van der Waals surface area contributed by atoms with E-state index in [0.29, 0.717) is 28.9 Å². The van der Waals surface area contributed by atoms with Crippen LogP contribution in [0.25, 0.3) is 0 Å². The normalized spacial score (nSPS) is 12.7. The summed E-state index contributed by atoms with van der Waals surface area (Å²) in [5.41, 5.74) is 3.01. The van der Waals surface area contributed by atoms with E-state index >= 15 is 0 Å². The minimum Gasteiger partial charge on any atom is -0.351 e. The number of carbonyl (C=O) groups is 3. The van der Waals surface area contributed by atoms with E-state index in [1.165, 1.54) is 5.56 Å². The van der Waals surface area contributed by atoms with Crippen molar-refractivity contribution in [1.82, 2.24) is 5.32 Å². The number of imide groups is 1. The molecule has 1 aliphatic rings. The van der Waals surface area contributed by atoms with Crippen molar-refractivity contribution in [1.29, 1.82) is 0 Å². The molecule has 4 rings (SSSR count). The number of fused-ring (bicyclic) bond motifs is 1. The molecule has 6 heteroatoms. The minimum atomic E-state index is -0.344. The van der Waals surface area contributed by atoms with Crippen LogP contribution in [0.3, 0.4) is 0 Å². The van der Waals surface area contributed by atoms with Gasteiger partial charge in [0, 0.05) is 23.6 Å². The molecule has 150 valence electrons. The Kier molecular flexibility index (Phi) is 5.95. The second kappa shape index (κ2) is 8.97. The molecule has 0 fully saturated rings. The van der Waals surface area contributed by atoms with E-state index in [4.69, 9.17) is 0 Å². The Bertz CT molecular complexity index is 1050. The van der Waals surface area contributed by atoms with Crippen LogP contribution in [0.15, 0.2) is 78.9 Å². The maximum Gasteiger partial charge on any atom is 0.266 e. The molecule has 0 bridgehead atoms. The van der Waals surface area contributed by atoms with Gasteiger partial charge in [0.05, 0.1) is 16.8 Å². The van der Waals surface area contributed by atoms with Gasteiger partial charge in [-0.2, -0.15) is 11.8 Å². The zero-order valence-corrected chi connectivity index (χ0v) is 17.0. The SMILES string of the molecule is O=C(NCCSCc1ccccc1)c1ccc(N2C(=O)c3ccccc3C2=O)cc1. The zero-order chi connectivity index (χ0) is 20.9. The van der Waals surface area contributed by atoms with E-state index < -0.39 is 0 Å². The summed E-state index contributed by atoms with van der Waals surface area (Å²) in [5.74, 6) is 0.857. The van der Waals surface area contributed by atoms with Crippen LogP contribution in [0.4, 0.5) is 5.69 Å². The summed E-state index contributed by atoms with van der Waals surface area (Å²) in [4.78, 5) is 38.6. The van der Waals surface area contributed by atoms with Gasteiger partial charge in [-0.1, -0.05) is 42.5 Å². The molecule has 1 aliphatic heterocycles. The van der Waals surface area contributed by atoms with Gasteiger partial charge >= 0.3 is 0 Å². The molecule has 1 N–H and O–H groups in total. The number of hydrogen-bond acceptors (Lipinski definition) is 4. The van der Waals surface area contributed by atoms with Crippen molar-refractivity contribution in [3.63, 3.8) is 0 Å². The van der Waals surface area contributed by atoms with Gasteiger partial charge in [-0.25, -0.2) is 4.90 Å². The number of amides is 3. The average Bonchev–Trinajstić information content (AvgIpc) is 3.04. The second-order valence-corrected chi connectivity index (χ2v) is 7.94. The third kappa shape index (κ3) is 4.14. The lowest BCUT2D eigenvalue weighted by atomic mass is 10.1. The molecule has 0 radical (unpaired) electrons. The van der Waals surface area contributed by atoms with Gasteiger partial charge in [0.15, 0.2) is 0 Å². The van der Waals surface area contributed by atoms with Gasteiger partial charge in [0.1, 0.15) is 0 Å².